The van der Waals surface area contributed by atoms with Crippen LogP contribution in [0.1, 0.15) is 48.9 Å². The Bertz CT molecular complexity index is 687. The van der Waals surface area contributed by atoms with Gasteiger partial charge in [-0.15, -0.1) is 12.4 Å². The summed E-state index contributed by atoms with van der Waals surface area (Å²) in [5, 5.41) is 3.63. The topological polar surface area (TPSA) is 52.7 Å². The number of rotatable bonds is 3. The van der Waals surface area contributed by atoms with Crippen LogP contribution in [0.5, 0.6) is 0 Å². The maximum atomic E-state index is 13.1. The van der Waals surface area contributed by atoms with Gasteiger partial charge in [-0.1, -0.05) is 0 Å². The Morgan fingerprint density at radius 3 is 2.25 bits per heavy atom. The van der Waals surface area contributed by atoms with Crippen molar-refractivity contribution in [3.63, 3.8) is 0 Å². The fourth-order valence-corrected chi connectivity index (χ4v) is 4.86. The van der Waals surface area contributed by atoms with E-state index >= 15 is 0 Å². The molecule has 1 aromatic carbocycles. The predicted octanol–water partition coefficient (Wildman–Crippen LogP) is 2.84. The summed E-state index contributed by atoms with van der Waals surface area (Å²) in [5.74, 6) is 0.304. The van der Waals surface area contributed by atoms with E-state index in [-0.39, 0.29) is 30.0 Å². The van der Waals surface area contributed by atoms with E-state index in [1.54, 1.807) is 4.90 Å². The van der Waals surface area contributed by atoms with E-state index in [9.17, 15) is 14.0 Å². The van der Waals surface area contributed by atoms with Crippen LogP contribution in [0.15, 0.2) is 24.3 Å². The summed E-state index contributed by atoms with van der Waals surface area (Å²) in [5.41, 5.74) is 0.501. The maximum Gasteiger partial charge on any atom is 0.253 e. The van der Waals surface area contributed by atoms with Gasteiger partial charge in [-0.2, -0.15) is 0 Å². The van der Waals surface area contributed by atoms with Crippen molar-refractivity contribution >= 4 is 24.2 Å². The first-order valence-electron chi connectivity index (χ1n) is 10.2. The second kappa shape index (κ2) is 9.23. The van der Waals surface area contributed by atoms with Crippen LogP contribution in [-0.4, -0.2) is 59.9 Å². The maximum absolute atomic E-state index is 13.1. The van der Waals surface area contributed by atoms with Crippen molar-refractivity contribution in [3.8, 4) is 0 Å². The van der Waals surface area contributed by atoms with E-state index in [0.29, 0.717) is 56.2 Å². The van der Waals surface area contributed by atoms with Crippen LogP contribution in [-0.2, 0) is 4.79 Å². The zero-order valence-electron chi connectivity index (χ0n) is 16.1. The van der Waals surface area contributed by atoms with E-state index in [4.69, 9.17) is 0 Å². The van der Waals surface area contributed by atoms with Crippen LogP contribution in [0.3, 0.4) is 0 Å². The Morgan fingerprint density at radius 2 is 1.57 bits per heavy atom. The number of nitrogens with one attached hydrogen (secondary N) is 1. The molecular weight excluding hydrogens is 381 g/mol. The number of hydrogen-bond acceptors (Lipinski definition) is 3. The van der Waals surface area contributed by atoms with Crippen molar-refractivity contribution in [1.82, 2.24) is 15.1 Å². The molecule has 154 valence electrons. The van der Waals surface area contributed by atoms with Gasteiger partial charge in [0.2, 0.25) is 5.91 Å². The van der Waals surface area contributed by atoms with Gasteiger partial charge in [0.1, 0.15) is 5.82 Å². The lowest BCUT2D eigenvalue weighted by molar-refractivity contribution is -0.132. The number of hydrogen-bond donors (Lipinski definition) is 1. The quantitative estimate of drug-likeness (QED) is 0.835. The Kier molecular flexibility index (Phi) is 6.94. The van der Waals surface area contributed by atoms with Crippen LogP contribution < -0.4 is 5.32 Å². The minimum Gasteiger partial charge on any atom is -0.341 e. The molecule has 28 heavy (non-hydrogen) atoms. The van der Waals surface area contributed by atoms with Gasteiger partial charge in [-0.25, -0.2) is 4.39 Å². The number of halogens is 2. The van der Waals surface area contributed by atoms with E-state index in [2.05, 4.69) is 5.32 Å². The van der Waals surface area contributed by atoms with Gasteiger partial charge in [-0.3, -0.25) is 9.59 Å². The van der Waals surface area contributed by atoms with Crippen LogP contribution in [0.25, 0.3) is 0 Å². The Hall–Kier alpha value is -1.66. The monoisotopic (exact) mass is 409 g/mol. The first-order chi connectivity index (χ1) is 13.1. The summed E-state index contributed by atoms with van der Waals surface area (Å²) in [6.45, 7) is 2.48. The average molecular weight is 410 g/mol. The molecular formula is C21H29ClFN3O2. The van der Waals surface area contributed by atoms with E-state index in [0.717, 1.165) is 19.3 Å². The van der Waals surface area contributed by atoms with Crippen molar-refractivity contribution in [2.75, 3.05) is 26.2 Å². The SMILES string of the molecule is Cl.O=C(CC1CC2CCC(C1)N2)N1CCCN(C(=O)c2ccc(F)cc2)CC1. The van der Waals surface area contributed by atoms with Crippen LogP contribution in [0.2, 0.25) is 0 Å². The molecule has 4 rings (SSSR count). The molecule has 3 fully saturated rings. The lowest BCUT2D eigenvalue weighted by atomic mass is 9.89. The van der Waals surface area contributed by atoms with E-state index < -0.39 is 0 Å². The highest BCUT2D eigenvalue weighted by Gasteiger charge is 2.35. The van der Waals surface area contributed by atoms with Crippen molar-refractivity contribution in [1.29, 1.82) is 0 Å². The summed E-state index contributed by atoms with van der Waals surface area (Å²) >= 11 is 0. The molecule has 0 aromatic heterocycles. The lowest BCUT2D eigenvalue weighted by Crippen LogP contribution is -2.41. The molecule has 2 atom stereocenters. The first kappa shape index (κ1) is 21.1. The molecule has 1 aromatic rings. The summed E-state index contributed by atoms with van der Waals surface area (Å²) in [6, 6.07) is 6.89. The van der Waals surface area contributed by atoms with Crippen LogP contribution in [0, 0.1) is 11.7 Å². The molecule has 0 aliphatic carbocycles. The minimum absolute atomic E-state index is 0. The normalized spacial score (nSPS) is 27.1. The fourth-order valence-electron chi connectivity index (χ4n) is 4.86. The highest BCUT2D eigenvalue weighted by atomic mass is 35.5. The van der Waals surface area contributed by atoms with Crippen LogP contribution >= 0.6 is 12.4 Å². The molecule has 3 saturated heterocycles. The molecule has 7 heteroatoms. The molecule has 1 N–H and O–H groups in total. The summed E-state index contributed by atoms with van der Waals surface area (Å²) < 4.78 is 13.1. The third-order valence-corrected chi connectivity index (χ3v) is 6.26. The molecule has 3 heterocycles. The number of fused-ring (bicyclic) bond motifs is 2. The highest BCUT2D eigenvalue weighted by molar-refractivity contribution is 5.94. The number of nitrogens with zero attached hydrogens (tertiary/aromatic N) is 2. The molecule has 0 saturated carbocycles. The smallest absolute Gasteiger partial charge is 0.253 e. The molecule has 2 bridgehead atoms. The molecule has 2 amide bonds. The number of benzene rings is 1. The Morgan fingerprint density at radius 1 is 0.964 bits per heavy atom. The summed E-state index contributed by atoms with van der Waals surface area (Å²) in [7, 11) is 0. The molecule has 5 nitrogen and oxygen atoms in total. The largest absolute Gasteiger partial charge is 0.341 e. The van der Waals surface area contributed by atoms with E-state index in [1.807, 2.05) is 4.90 Å². The predicted molar refractivity (Wildman–Crippen MR) is 108 cm³/mol. The summed E-state index contributed by atoms with van der Waals surface area (Å²) in [6.07, 6.45) is 6.16. The third-order valence-electron chi connectivity index (χ3n) is 6.26. The average Bonchev–Trinajstić information content (AvgIpc) is 2.86. The molecule has 3 aliphatic heterocycles. The molecule has 0 spiro atoms. The van der Waals surface area contributed by atoms with E-state index in [1.165, 1.54) is 37.1 Å². The second-order valence-corrected chi connectivity index (χ2v) is 8.21. The number of carbonyl (C=O) groups is 2. The van der Waals surface area contributed by atoms with Gasteiger partial charge in [-0.05, 0) is 62.3 Å². The van der Waals surface area contributed by atoms with Gasteiger partial charge in [0.05, 0.1) is 0 Å². The first-order valence-corrected chi connectivity index (χ1v) is 10.2. The number of piperidine rings is 1. The summed E-state index contributed by atoms with van der Waals surface area (Å²) in [4.78, 5) is 29.1. The zero-order valence-corrected chi connectivity index (χ0v) is 16.9. The van der Waals surface area contributed by atoms with Crippen LogP contribution in [0.4, 0.5) is 4.39 Å². The molecule has 2 unspecified atom stereocenters. The van der Waals surface area contributed by atoms with Crippen molar-refractivity contribution in [3.05, 3.63) is 35.6 Å². The second-order valence-electron chi connectivity index (χ2n) is 8.21. The van der Waals surface area contributed by atoms with Crippen molar-refractivity contribution in [2.24, 2.45) is 5.92 Å². The highest BCUT2D eigenvalue weighted by Crippen LogP contribution is 2.33. The number of carbonyl (C=O) groups excluding carboxylic acids is 2. The fraction of sp³-hybridized carbons (Fsp3) is 0.619. The van der Waals surface area contributed by atoms with Gasteiger partial charge in [0.15, 0.2) is 0 Å². The van der Waals surface area contributed by atoms with Gasteiger partial charge >= 0.3 is 0 Å². The van der Waals surface area contributed by atoms with Crippen molar-refractivity contribution in [2.45, 2.75) is 50.6 Å². The van der Waals surface area contributed by atoms with Gasteiger partial charge in [0, 0.05) is 50.2 Å². The Labute approximate surface area is 172 Å². The zero-order chi connectivity index (χ0) is 18.8. The third kappa shape index (κ3) is 4.84. The van der Waals surface area contributed by atoms with Crippen molar-refractivity contribution < 1.29 is 14.0 Å². The molecule has 0 radical (unpaired) electrons. The Balaban J connectivity index is 0.00000225. The van der Waals surface area contributed by atoms with Gasteiger partial charge in [0.25, 0.3) is 5.91 Å². The standard InChI is InChI=1S/C21H28FN3O2.ClH/c22-17-4-2-16(3-5-17)21(27)25-9-1-8-24(10-11-25)20(26)14-15-12-18-6-7-19(13-15)23-18;/h2-5,15,18-19,23H,1,6-14H2;1H. The van der Waals surface area contributed by atoms with Gasteiger partial charge < -0.3 is 15.1 Å². The minimum atomic E-state index is -0.342. The lowest BCUT2D eigenvalue weighted by Gasteiger charge is -2.30. The number of amides is 2. The molecule has 3 aliphatic rings.